The van der Waals surface area contributed by atoms with E-state index >= 15 is 0 Å². The molecule has 0 heteroatoms. The lowest BCUT2D eigenvalue weighted by atomic mass is 9.65. The summed E-state index contributed by atoms with van der Waals surface area (Å²) in [4.78, 5) is 0. The predicted molar refractivity (Wildman–Crippen MR) is 115 cm³/mol. The van der Waals surface area contributed by atoms with E-state index in [1.807, 2.05) is 0 Å². The second-order valence-corrected chi connectivity index (χ2v) is 10.2. The van der Waals surface area contributed by atoms with Crippen molar-refractivity contribution in [3.8, 4) is 11.1 Å². The third-order valence-electron chi connectivity index (χ3n) is 7.41. The molecule has 0 N–H and O–H groups in total. The highest BCUT2D eigenvalue weighted by Gasteiger charge is 2.54. The summed E-state index contributed by atoms with van der Waals surface area (Å²) in [5, 5.41) is 0. The van der Waals surface area contributed by atoms with Crippen molar-refractivity contribution >= 4 is 0 Å². The summed E-state index contributed by atoms with van der Waals surface area (Å²) in [5.74, 6) is 1.71. The van der Waals surface area contributed by atoms with Crippen LogP contribution >= 0.6 is 0 Å². The van der Waals surface area contributed by atoms with Crippen LogP contribution in [-0.4, -0.2) is 0 Å². The highest BCUT2D eigenvalue weighted by atomic mass is 14.6. The fourth-order valence-corrected chi connectivity index (χ4v) is 6.15. The van der Waals surface area contributed by atoms with Crippen LogP contribution in [0.25, 0.3) is 11.1 Å². The zero-order valence-corrected chi connectivity index (χ0v) is 17.2. The molecule has 2 aromatic rings. The lowest BCUT2D eigenvalue weighted by Crippen LogP contribution is -2.29. The Hall–Kier alpha value is -2.08. The van der Waals surface area contributed by atoms with Crippen LogP contribution in [0.3, 0.4) is 0 Å². The first-order chi connectivity index (χ1) is 12.8. The minimum absolute atomic E-state index is 0.226. The standard InChI is InChI=1S/C27H30/c1-17-16-27(5,24-15-18(14-23(17)24)26(2,3)4)25-21-12-8-6-10-19(21)20-11-7-9-13-22(20)25/h6-15,17,24-25H,16H2,1-5H3. The van der Waals surface area contributed by atoms with Gasteiger partial charge in [0.05, 0.1) is 0 Å². The summed E-state index contributed by atoms with van der Waals surface area (Å²) in [7, 11) is 0. The highest BCUT2D eigenvalue weighted by Crippen LogP contribution is 2.65. The van der Waals surface area contributed by atoms with Crippen molar-refractivity contribution in [1.29, 1.82) is 0 Å². The molecule has 1 fully saturated rings. The summed E-state index contributed by atoms with van der Waals surface area (Å²) >= 11 is 0. The van der Waals surface area contributed by atoms with Crippen molar-refractivity contribution in [3.63, 3.8) is 0 Å². The van der Waals surface area contributed by atoms with E-state index in [0.717, 1.165) is 0 Å². The van der Waals surface area contributed by atoms with Crippen LogP contribution in [0.5, 0.6) is 0 Å². The Bertz CT molecular complexity index is 936. The van der Waals surface area contributed by atoms with Crippen molar-refractivity contribution in [2.45, 2.75) is 47.0 Å². The van der Waals surface area contributed by atoms with Crippen LogP contribution in [0.1, 0.15) is 58.1 Å². The van der Waals surface area contributed by atoms with Gasteiger partial charge in [0.2, 0.25) is 0 Å². The van der Waals surface area contributed by atoms with Gasteiger partial charge in [-0.15, -0.1) is 0 Å². The largest absolute Gasteiger partial charge is 0.0730 e. The molecule has 138 valence electrons. The lowest BCUT2D eigenvalue weighted by molar-refractivity contribution is 0.240. The Morgan fingerprint density at radius 3 is 2.00 bits per heavy atom. The zero-order valence-electron chi connectivity index (χ0n) is 17.2. The maximum Gasteiger partial charge on any atom is 0.0164 e. The summed E-state index contributed by atoms with van der Waals surface area (Å²) < 4.78 is 0. The molecular formula is C27H30. The normalized spacial score (nSPS) is 29.2. The maximum atomic E-state index is 2.61. The summed E-state index contributed by atoms with van der Waals surface area (Å²) in [6.07, 6.45) is 6.42. The molecule has 0 heterocycles. The van der Waals surface area contributed by atoms with Gasteiger partial charge in [-0.25, -0.2) is 0 Å². The van der Waals surface area contributed by atoms with Crippen molar-refractivity contribution in [1.82, 2.24) is 0 Å². The van der Waals surface area contributed by atoms with E-state index in [4.69, 9.17) is 0 Å². The van der Waals surface area contributed by atoms with Crippen LogP contribution in [0, 0.1) is 22.7 Å². The Labute approximate surface area is 164 Å². The van der Waals surface area contributed by atoms with Gasteiger partial charge in [0.1, 0.15) is 0 Å². The minimum Gasteiger partial charge on any atom is -0.0730 e. The summed E-state index contributed by atoms with van der Waals surface area (Å²) in [6.45, 7) is 12.0. The van der Waals surface area contributed by atoms with Crippen molar-refractivity contribution in [2.24, 2.45) is 22.7 Å². The van der Waals surface area contributed by atoms with E-state index in [0.29, 0.717) is 17.8 Å². The fraction of sp³-hybridized carbons (Fsp3) is 0.407. The van der Waals surface area contributed by atoms with E-state index in [-0.39, 0.29) is 10.8 Å². The molecule has 5 rings (SSSR count). The maximum absolute atomic E-state index is 2.61. The Morgan fingerprint density at radius 2 is 1.44 bits per heavy atom. The first-order valence-corrected chi connectivity index (χ1v) is 10.4. The molecule has 0 aromatic heterocycles. The number of hydrogen-bond donors (Lipinski definition) is 0. The number of rotatable bonds is 1. The monoisotopic (exact) mass is 354 g/mol. The number of allylic oxidation sites excluding steroid dienone is 4. The van der Waals surface area contributed by atoms with Crippen LogP contribution in [0.15, 0.2) is 71.8 Å². The SMILES string of the molecule is CC1CC(C)(C2c3ccccc3-c3ccccc32)C2C=C(C(C)(C)C)C=C12. The minimum atomic E-state index is 0.226. The van der Waals surface area contributed by atoms with Gasteiger partial charge in [-0.1, -0.05) is 101 Å². The van der Waals surface area contributed by atoms with E-state index < -0.39 is 0 Å². The van der Waals surface area contributed by atoms with E-state index in [9.17, 15) is 0 Å². The van der Waals surface area contributed by atoms with Crippen molar-refractivity contribution in [2.75, 3.05) is 0 Å². The van der Waals surface area contributed by atoms with Crippen molar-refractivity contribution < 1.29 is 0 Å². The van der Waals surface area contributed by atoms with Crippen molar-refractivity contribution in [3.05, 3.63) is 83.0 Å². The first kappa shape index (κ1) is 17.0. The topological polar surface area (TPSA) is 0 Å². The fourth-order valence-electron chi connectivity index (χ4n) is 6.15. The molecule has 1 saturated carbocycles. The number of benzene rings is 2. The molecule has 3 aliphatic rings. The Balaban J connectivity index is 1.69. The third kappa shape index (κ3) is 2.29. The Kier molecular flexibility index (Phi) is 3.46. The van der Waals surface area contributed by atoms with E-state index in [2.05, 4.69) is 95.3 Å². The molecule has 3 unspecified atom stereocenters. The van der Waals surface area contributed by atoms with Gasteiger partial charge in [0, 0.05) is 11.8 Å². The lowest BCUT2D eigenvalue weighted by Gasteiger charge is -2.37. The molecule has 27 heavy (non-hydrogen) atoms. The average Bonchev–Trinajstić information content (AvgIpc) is 3.27. The van der Waals surface area contributed by atoms with Crippen LogP contribution < -0.4 is 0 Å². The summed E-state index contributed by atoms with van der Waals surface area (Å²) in [6, 6.07) is 18.2. The predicted octanol–water partition coefficient (Wildman–Crippen LogP) is 7.37. The molecule has 0 bridgehead atoms. The van der Waals surface area contributed by atoms with Crippen LogP contribution in [0.2, 0.25) is 0 Å². The van der Waals surface area contributed by atoms with Gasteiger partial charge >= 0.3 is 0 Å². The zero-order chi connectivity index (χ0) is 19.0. The molecule has 0 radical (unpaired) electrons. The van der Waals surface area contributed by atoms with Gasteiger partial charge in [0.25, 0.3) is 0 Å². The van der Waals surface area contributed by atoms with Gasteiger partial charge in [-0.2, -0.15) is 0 Å². The highest BCUT2D eigenvalue weighted by molar-refractivity contribution is 5.79. The molecule has 0 nitrogen and oxygen atoms in total. The molecule has 0 amide bonds. The second-order valence-electron chi connectivity index (χ2n) is 10.2. The molecule has 2 aromatic carbocycles. The molecule has 3 atom stereocenters. The van der Waals surface area contributed by atoms with Crippen LogP contribution in [-0.2, 0) is 0 Å². The number of fused-ring (bicyclic) bond motifs is 4. The Morgan fingerprint density at radius 1 is 0.889 bits per heavy atom. The van der Waals surface area contributed by atoms with Crippen LogP contribution in [0.4, 0.5) is 0 Å². The first-order valence-electron chi connectivity index (χ1n) is 10.4. The molecule has 0 aliphatic heterocycles. The molecule has 0 saturated heterocycles. The van der Waals surface area contributed by atoms with Gasteiger partial charge in [0.15, 0.2) is 0 Å². The quantitative estimate of drug-likeness (QED) is 0.501. The third-order valence-corrected chi connectivity index (χ3v) is 7.41. The molecule has 0 spiro atoms. The summed E-state index contributed by atoms with van der Waals surface area (Å²) in [5.41, 5.74) is 9.62. The molecule has 3 aliphatic carbocycles. The van der Waals surface area contributed by atoms with E-state index in [1.165, 1.54) is 34.2 Å². The van der Waals surface area contributed by atoms with Gasteiger partial charge in [-0.3, -0.25) is 0 Å². The average molecular weight is 355 g/mol. The van der Waals surface area contributed by atoms with Gasteiger partial charge in [-0.05, 0) is 51.0 Å². The number of hydrogen-bond acceptors (Lipinski definition) is 0. The van der Waals surface area contributed by atoms with Gasteiger partial charge < -0.3 is 0 Å². The van der Waals surface area contributed by atoms with E-state index in [1.54, 1.807) is 5.57 Å². The smallest absolute Gasteiger partial charge is 0.0164 e. The molecular weight excluding hydrogens is 324 g/mol. The second kappa shape index (κ2) is 5.47.